The van der Waals surface area contributed by atoms with Gasteiger partial charge in [-0.25, -0.2) is 0 Å². The molecule has 104 valence electrons. The fraction of sp³-hybridized carbons (Fsp3) is 0.200. The van der Waals surface area contributed by atoms with E-state index in [1.54, 1.807) is 49.5 Å². The molecule has 0 saturated carbocycles. The van der Waals surface area contributed by atoms with Crippen LogP contribution in [0.2, 0.25) is 0 Å². The maximum absolute atomic E-state index is 11.8. The van der Waals surface area contributed by atoms with Crippen LogP contribution in [0.25, 0.3) is 0 Å². The Hall–Kier alpha value is -2.56. The molecule has 5 nitrogen and oxygen atoms in total. The molecule has 0 atom stereocenters. The van der Waals surface area contributed by atoms with Crippen LogP contribution >= 0.6 is 0 Å². The summed E-state index contributed by atoms with van der Waals surface area (Å²) in [6, 6.07) is 10.5. The zero-order valence-electron chi connectivity index (χ0n) is 11.3. The normalized spacial score (nSPS) is 10.2. The second kappa shape index (κ2) is 6.06. The minimum Gasteiger partial charge on any atom is -0.399 e. The van der Waals surface area contributed by atoms with E-state index in [1.807, 2.05) is 0 Å². The Labute approximate surface area is 117 Å². The number of benzene rings is 1. The van der Waals surface area contributed by atoms with E-state index in [-0.39, 0.29) is 17.9 Å². The van der Waals surface area contributed by atoms with Gasteiger partial charge in [-0.1, -0.05) is 12.1 Å². The summed E-state index contributed by atoms with van der Waals surface area (Å²) in [5.74, 6) is -0.149. The summed E-state index contributed by atoms with van der Waals surface area (Å²) in [6.45, 7) is 2.11. The summed E-state index contributed by atoms with van der Waals surface area (Å²) in [4.78, 5) is 23.6. The molecule has 0 spiro atoms. The maximum atomic E-state index is 11.8. The number of pyridine rings is 1. The van der Waals surface area contributed by atoms with Crippen LogP contribution in [0.5, 0.6) is 0 Å². The van der Waals surface area contributed by atoms with E-state index < -0.39 is 0 Å². The largest absolute Gasteiger partial charge is 0.399 e. The lowest BCUT2D eigenvalue weighted by molar-refractivity contribution is -0.116. The molecule has 1 amide bonds. The van der Waals surface area contributed by atoms with E-state index in [0.717, 1.165) is 0 Å². The Bertz CT molecular complexity index is 677. The van der Waals surface area contributed by atoms with Gasteiger partial charge in [0.25, 0.3) is 5.56 Å². The van der Waals surface area contributed by atoms with Gasteiger partial charge in [0.05, 0.1) is 0 Å². The van der Waals surface area contributed by atoms with Crippen molar-refractivity contribution in [3.05, 3.63) is 58.5 Å². The molecule has 3 N–H and O–H groups in total. The SMILES string of the molecule is Cc1cccn(CCC(=O)Nc2cccc(N)c2)c1=O. The molecule has 0 aliphatic rings. The molecular weight excluding hydrogens is 254 g/mol. The Kier molecular flexibility index (Phi) is 4.20. The quantitative estimate of drug-likeness (QED) is 0.832. The molecule has 20 heavy (non-hydrogen) atoms. The number of carbonyl (C=O) groups excluding carboxylic acids is 1. The average molecular weight is 271 g/mol. The number of aromatic nitrogens is 1. The number of nitrogens with one attached hydrogen (secondary N) is 1. The monoisotopic (exact) mass is 271 g/mol. The average Bonchev–Trinajstić information content (AvgIpc) is 2.40. The highest BCUT2D eigenvalue weighted by Crippen LogP contribution is 2.11. The molecule has 1 heterocycles. The van der Waals surface area contributed by atoms with Gasteiger partial charge in [0.2, 0.25) is 5.91 Å². The molecule has 2 aromatic rings. The summed E-state index contributed by atoms with van der Waals surface area (Å²) in [6.07, 6.45) is 1.92. The summed E-state index contributed by atoms with van der Waals surface area (Å²) < 4.78 is 1.54. The summed E-state index contributed by atoms with van der Waals surface area (Å²) in [7, 11) is 0. The van der Waals surface area contributed by atoms with Crippen LogP contribution in [0.15, 0.2) is 47.4 Å². The Morgan fingerprint density at radius 3 is 2.85 bits per heavy atom. The van der Waals surface area contributed by atoms with Gasteiger partial charge in [-0.2, -0.15) is 0 Å². The number of aryl methyl sites for hydroxylation is 2. The summed E-state index contributed by atoms with van der Waals surface area (Å²) in [5.41, 5.74) is 7.50. The zero-order valence-corrected chi connectivity index (χ0v) is 11.3. The van der Waals surface area contributed by atoms with Crippen molar-refractivity contribution in [2.45, 2.75) is 19.9 Å². The second-order valence-corrected chi connectivity index (χ2v) is 4.61. The second-order valence-electron chi connectivity index (χ2n) is 4.61. The van der Waals surface area contributed by atoms with Crippen LogP contribution in [-0.4, -0.2) is 10.5 Å². The molecule has 1 aromatic carbocycles. The van der Waals surface area contributed by atoms with Crippen molar-refractivity contribution >= 4 is 17.3 Å². The third-order valence-electron chi connectivity index (χ3n) is 2.96. The first-order valence-electron chi connectivity index (χ1n) is 6.38. The highest BCUT2D eigenvalue weighted by atomic mass is 16.1. The minimum atomic E-state index is -0.149. The Morgan fingerprint density at radius 1 is 1.30 bits per heavy atom. The van der Waals surface area contributed by atoms with Crippen molar-refractivity contribution in [1.82, 2.24) is 4.57 Å². The molecule has 0 unspecified atom stereocenters. The lowest BCUT2D eigenvalue weighted by Gasteiger charge is -2.08. The third kappa shape index (κ3) is 3.47. The van der Waals surface area contributed by atoms with Gasteiger partial charge in [0.1, 0.15) is 0 Å². The van der Waals surface area contributed by atoms with Gasteiger partial charge < -0.3 is 15.6 Å². The van der Waals surface area contributed by atoms with Crippen molar-refractivity contribution < 1.29 is 4.79 Å². The van der Waals surface area contributed by atoms with E-state index in [1.165, 1.54) is 4.57 Å². The molecule has 0 aliphatic heterocycles. The van der Waals surface area contributed by atoms with Crippen molar-refractivity contribution in [3.63, 3.8) is 0 Å². The molecule has 0 aliphatic carbocycles. The van der Waals surface area contributed by atoms with E-state index in [0.29, 0.717) is 23.5 Å². The fourth-order valence-electron chi connectivity index (χ4n) is 1.89. The van der Waals surface area contributed by atoms with Crippen molar-refractivity contribution in [2.24, 2.45) is 0 Å². The van der Waals surface area contributed by atoms with Gasteiger partial charge in [-0.15, -0.1) is 0 Å². The predicted molar refractivity (Wildman–Crippen MR) is 79.5 cm³/mol. The van der Waals surface area contributed by atoms with Crippen LogP contribution in [0.4, 0.5) is 11.4 Å². The van der Waals surface area contributed by atoms with Crippen LogP contribution in [0.1, 0.15) is 12.0 Å². The van der Waals surface area contributed by atoms with Gasteiger partial charge in [-0.3, -0.25) is 9.59 Å². The number of carbonyl (C=O) groups is 1. The topological polar surface area (TPSA) is 77.1 Å². The highest BCUT2D eigenvalue weighted by Gasteiger charge is 2.05. The first kappa shape index (κ1) is 13.9. The fourth-order valence-corrected chi connectivity index (χ4v) is 1.89. The van der Waals surface area contributed by atoms with E-state index in [9.17, 15) is 9.59 Å². The lowest BCUT2D eigenvalue weighted by atomic mass is 10.2. The molecule has 0 radical (unpaired) electrons. The first-order valence-corrected chi connectivity index (χ1v) is 6.38. The van der Waals surface area contributed by atoms with E-state index >= 15 is 0 Å². The molecule has 0 saturated heterocycles. The van der Waals surface area contributed by atoms with Gasteiger partial charge in [-0.05, 0) is 31.2 Å². The molecule has 0 fully saturated rings. The van der Waals surface area contributed by atoms with Crippen LogP contribution in [0, 0.1) is 6.92 Å². The number of anilines is 2. The molecular formula is C15H17N3O2. The molecule has 2 rings (SSSR count). The number of hydrogen-bond donors (Lipinski definition) is 2. The van der Waals surface area contributed by atoms with E-state index in [4.69, 9.17) is 5.73 Å². The van der Waals surface area contributed by atoms with Crippen molar-refractivity contribution in [3.8, 4) is 0 Å². The van der Waals surface area contributed by atoms with Crippen LogP contribution < -0.4 is 16.6 Å². The number of rotatable bonds is 4. The number of nitrogens with zero attached hydrogens (tertiary/aromatic N) is 1. The minimum absolute atomic E-state index is 0.0655. The summed E-state index contributed by atoms with van der Waals surface area (Å²) >= 11 is 0. The van der Waals surface area contributed by atoms with Gasteiger partial charge in [0, 0.05) is 36.1 Å². The predicted octanol–water partition coefficient (Wildman–Crippen LogP) is 1.77. The summed E-state index contributed by atoms with van der Waals surface area (Å²) in [5, 5.41) is 2.75. The number of hydrogen-bond acceptors (Lipinski definition) is 3. The van der Waals surface area contributed by atoms with Gasteiger partial charge >= 0.3 is 0 Å². The molecule has 0 bridgehead atoms. The standard InChI is InChI=1S/C15H17N3O2/c1-11-4-3-8-18(15(11)20)9-7-14(19)17-13-6-2-5-12(16)10-13/h2-6,8,10H,7,9,16H2,1H3,(H,17,19). The Balaban J connectivity index is 1.96. The van der Waals surface area contributed by atoms with Crippen LogP contribution in [-0.2, 0) is 11.3 Å². The van der Waals surface area contributed by atoms with Crippen molar-refractivity contribution in [1.29, 1.82) is 0 Å². The third-order valence-corrected chi connectivity index (χ3v) is 2.96. The number of nitrogens with two attached hydrogens (primary N) is 1. The van der Waals surface area contributed by atoms with E-state index in [2.05, 4.69) is 5.32 Å². The molecule has 5 heteroatoms. The Morgan fingerprint density at radius 2 is 2.10 bits per heavy atom. The lowest BCUT2D eigenvalue weighted by Crippen LogP contribution is -2.24. The maximum Gasteiger partial charge on any atom is 0.253 e. The number of nitrogen functional groups attached to an aromatic ring is 1. The van der Waals surface area contributed by atoms with Crippen molar-refractivity contribution in [2.75, 3.05) is 11.1 Å². The smallest absolute Gasteiger partial charge is 0.253 e. The van der Waals surface area contributed by atoms with Crippen LogP contribution in [0.3, 0.4) is 0 Å². The van der Waals surface area contributed by atoms with Gasteiger partial charge in [0.15, 0.2) is 0 Å². The molecule has 1 aromatic heterocycles. The first-order chi connectivity index (χ1) is 9.56. The highest BCUT2D eigenvalue weighted by molar-refractivity contribution is 5.91. The zero-order chi connectivity index (χ0) is 14.5. The number of amides is 1.